The Balaban J connectivity index is 0. The molecule has 0 aromatic rings. The van der Waals surface area contributed by atoms with Gasteiger partial charge in [0.1, 0.15) is 0 Å². The van der Waals surface area contributed by atoms with Crippen LogP contribution < -0.4 is 11.1 Å². The minimum absolute atomic E-state index is 0. The molecular formula is C12H28ClN3O3S. The van der Waals surface area contributed by atoms with Gasteiger partial charge in [-0.2, -0.15) is 0 Å². The molecule has 0 aromatic carbocycles. The van der Waals surface area contributed by atoms with E-state index in [-0.39, 0.29) is 18.3 Å². The molecule has 6 nitrogen and oxygen atoms in total. The van der Waals surface area contributed by atoms with Crippen LogP contribution in [-0.2, 0) is 14.8 Å². The molecule has 0 saturated heterocycles. The number of nitrogens with one attached hydrogen (secondary N) is 1. The maximum atomic E-state index is 11.6. The molecular weight excluding hydrogens is 302 g/mol. The van der Waals surface area contributed by atoms with Crippen LogP contribution in [0.25, 0.3) is 0 Å². The second kappa shape index (κ2) is 10.4. The molecule has 3 N–H and O–H groups in total. The third kappa shape index (κ3) is 9.52. The molecule has 0 bridgehead atoms. The van der Waals surface area contributed by atoms with Gasteiger partial charge in [-0.3, -0.25) is 4.79 Å². The van der Waals surface area contributed by atoms with E-state index in [1.807, 2.05) is 13.8 Å². The van der Waals surface area contributed by atoms with Crippen molar-refractivity contribution < 1.29 is 13.2 Å². The van der Waals surface area contributed by atoms with Gasteiger partial charge in [-0.05, 0) is 18.8 Å². The smallest absolute Gasteiger partial charge is 0.236 e. The van der Waals surface area contributed by atoms with Crippen LogP contribution in [0, 0.1) is 5.92 Å². The van der Waals surface area contributed by atoms with E-state index in [1.54, 1.807) is 6.92 Å². The van der Waals surface area contributed by atoms with E-state index in [4.69, 9.17) is 5.73 Å². The van der Waals surface area contributed by atoms with E-state index < -0.39 is 16.1 Å². The number of hydrogen-bond donors (Lipinski definition) is 2. The van der Waals surface area contributed by atoms with Crippen molar-refractivity contribution in [3.8, 4) is 0 Å². The first kappa shape index (κ1) is 21.9. The number of nitrogens with two attached hydrogens (primary N) is 1. The average molecular weight is 330 g/mol. The van der Waals surface area contributed by atoms with Crippen LogP contribution in [0.1, 0.15) is 33.6 Å². The maximum Gasteiger partial charge on any atom is 0.236 e. The third-order valence-electron chi connectivity index (χ3n) is 2.77. The van der Waals surface area contributed by atoms with Crippen molar-refractivity contribution in [3.63, 3.8) is 0 Å². The lowest BCUT2D eigenvalue weighted by molar-refractivity contribution is -0.122. The molecule has 0 unspecified atom stereocenters. The zero-order valence-electron chi connectivity index (χ0n) is 12.8. The van der Waals surface area contributed by atoms with E-state index in [9.17, 15) is 13.2 Å². The summed E-state index contributed by atoms with van der Waals surface area (Å²) in [5, 5.41) is 2.73. The van der Waals surface area contributed by atoms with Crippen LogP contribution in [-0.4, -0.2) is 50.6 Å². The molecule has 0 aliphatic rings. The van der Waals surface area contributed by atoms with Gasteiger partial charge in [0.25, 0.3) is 0 Å². The largest absolute Gasteiger partial charge is 0.355 e. The minimum atomic E-state index is -3.15. The van der Waals surface area contributed by atoms with Crippen molar-refractivity contribution in [2.24, 2.45) is 11.7 Å². The Morgan fingerprint density at radius 1 is 1.35 bits per heavy atom. The molecule has 0 saturated carbocycles. The van der Waals surface area contributed by atoms with Crippen LogP contribution in [0.15, 0.2) is 0 Å². The van der Waals surface area contributed by atoms with E-state index in [1.165, 1.54) is 10.6 Å². The minimum Gasteiger partial charge on any atom is -0.355 e. The van der Waals surface area contributed by atoms with Crippen LogP contribution in [0.2, 0.25) is 0 Å². The molecule has 122 valence electrons. The SMILES string of the molecule is CCN(CCCNC(=O)[C@@H](N)CC(C)C)S(C)(=O)=O.Cl. The number of carbonyl (C=O) groups excluding carboxylic acids is 1. The van der Waals surface area contributed by atoms with E-state index in [0.29, 0.717) is 38.4 Å². The number of rotatable bonds is 9. The van der Waals surface area contributed by atoms with Crippen molar-refractivity contribution in [1.82, 2.24) is 9.62 Å². The van der Waals surface area contributed by atoms with Crippen molar-refractivity contribution >= 4 is 28.3 Å². The second-order valence-electron chi connectivity index (χ2n) is 5.14. The highest BCUT2D eigenvalue weighted by atomic mass is 35.5. The number of amides is 1. The molecule has 8 heteroatoms. The lowest BCUT2D eigenvalue weighted by atomic mass is 10.0. The molecule has 1 amide bonds. The molecule has 0 spiro atoms. The summed E-state index contributed by atoms with van der Waals surface area (Å²) in [5.41, 5.74) is 5.74. The lowest BCUT2D eigenvalue weighted by Gasteiger charge is -2.18. The normalized spacial score (nSPS) is 13.2. The summed E-state index contributed by atoms with van der Waals surface area (Å²) in [6.07, 6.45) is 2.42. The van der Waals surface area contributed by atoms with Crippen LogP contribution in [0.4, 0.5) is 0 Å². The average Bonchev–Trinajstić information content (AvgIpc) is 2.25. The lowest BCUT2D eigenvalue weighted by Crippen LogP contribution is -2.42. The molecule has 0 rings (SSSR count). The summed E-state index contributed by atoms with van der Waals surface area (Å²) < 4.78 is 24.1. The highest BCUT2D eigenvalue weighted by molar-refractivity contribution is 7.88. The van der Waals surface area contributed by atoms with E-state index in [0.717, 1.165) is 0 Å². The Bertz CT molecular complexity index is 374. The Kier molecular flexibility index (Phi) is 11.4. The number of halogens is 1. The highest BCUT2D eigenvalue weighted by Crippen LogP contribution is 2.02. The number of sulfonamides is 1. The van der Waals surface area contributed by atoms with Crippen molar-refractivity contribution in [1.29, 1.82) is 0 Å². The van der Waals surface area contributed by atoms with Crippen LogP contribution in [0.3, 0.4) is 0 Å². The summed E-state index contributed by atoms with van der Waals surface area (Å²) in [4.78, 5) is 11.6. The van der Waals surface area contributed by atoms with Gasteiger partial charge < -0.3 is 11.1 Å². The molecule has 0 heterocycles. The standard InChI is InChI=1S/C12H27N3O3S.ClH/c1-5-15(19(4,17)18)8-6-7-14-12(16)11(13)9-10(2)3;/h10-11H,5-9,13H2,1-4H3,(H,14,16);1H/t11-;/m0./s1. The Morgan fingerprint density at radius 3 is 2.30 bits per heavy atom. The summed E-state index contributed by atoms with van der Waals surface area (Å²) in [6, 6.07) is -0.489. The van der Waals surface area contributed by atoms with Crippen molar-refractivity contribution in [2.75, 3.05) is 25.9 Å². The third-order valence-corrected chi connectivity index (χ3v) is 4.15. The first-order valence-electron chi connectivity index (χ1n) is 6.66. The summed E-state index contributed by atoms with van der Waals surface area (Å²) in [5.74, 6) is 0.206. The topological polar surface area (TPSA) is 92.5 Å². The predicted molar refractivity (Wildman–Crippen MR) is 84.4 cm³/mol. The molecule has 0 fully saturated rings. The fraction of sp³-hybridized carbons (Fsp3) is 0.917. The van der Waals surface area contributed by atoms with Gasteiger partial charge in [-0.15, -0.1) is 12.4 Å². The summed E-state index contributed by atoms with van der Waals surface area (Å²) in [6.45, 7) is 7.11. The summed E-state index contributed by atoms with van der Waals surface area (Å²) in [7, 11) is -3.15. The second-order valence-corrected chi connectivity index (χ2v) is 7.12. The molecule has 0 aromatic heterocycles. The Morgan fingerprint density at radius 2 is 1.90 bits per heavy atom. The first-order chi connectivity index (χ1) is 8.68. The van der Waals surface area contributed by atoms with Crippen LogP contribution in [0.5, 0.6) is 0 Å². The van der Waals surface area contributed by atoms with Gasteiger partial charge in [0.05, 0.1) is 12.3 Å². The van der Waals surface area contributed by atoms with E-state index in [2.05, 4.69) is 5.32 Å². The van der Waals surface area contributed by atoms with Crippen LogP contribution >= 0.6 is 12.4 Å². The molecule has 0 aliphatic carbocycles. The maximum absolute atomic E-state index is 11.6. The monoisotopic (exact) mass is 329 g/mol. The fourth-order valence-electron chi connectivity index (χ4n) is 1.77. The molecule has 20 heavy (non-hydrogen) atoms. The number of hydrogen-bond acceptors (Lipinski definition) is 4. The van der Waals surface area contributed by atoms with Gasteiger partial charge >= 0.3 is 0 Å². The fourth-order valence-corrected chi connectivity index (χ4v) is 2.70. The first-order valence-corrected chi connectivity index (χ1v) is 8.51. The molecule has 1 atom stereocenters. The van der Waals surface area contributed by atoms with Gasteiger partial charge in [0.15, 0.2) is 0 Å². The number of nitrogens with zero attached hydrogens (tertiary/aromatic N) is 1. The van der Waals surface area contributed by atoms with E-state index >= 15 is 0 Å². The predicted octanol–water partition coefficient (Wildman–Crippen LogP) is 0.569. The Labute approximate surface area is 128 Å². The van der Waals surface area contributed by atoms with Gasteiger partial charge in [0, 0.05) is 19.6 Å². The zero-order valence-corrected chi connectivity index (χ0v) is 14.4. The van der Waals surface area contributed by atoms with Gasteiger partial charge in [-0.25, -0.2) is 12.7 Å². The van der Waals surface area contributed by atoms with Crippen molar-refractivity contribution in [2.45, 2.75) is 39.7 Å². The molecule has 0 aliphatic heterocycles. The highest BCUT2D eigenvalue weighted by Gasteiger charge is 2.16. The molecule has 0 radical (unpaired) electrons. The van der Waals surface area contributed by atoms with Crippen molar-refractivity contribution in [3.05, 3.63) is 0 Å². The zero-order chi connectivity index (χ0) is 15.1. The van der Waals surface area contributed by atoms with Gasteiger partial charge in [0.2, 0.25) is 15.9 Å². The Hall–Kier alpha value is -0.370. The number of carbonyl (C=O) groups is 1. The van der Waals surface area contributed by atoms with Gasteiger partial charge in [-0.1, -0.05) is 20.8 Å². The quantitative estimate of drug-likeness (QED) is 0.605. The summed E-state index contributed by atoms with van der Waals surface area (Å²) >= 11 is 0.